The summed E-state index contributed by atoms with van der Waals surface area (Å²) in [5, 5.41) is 11.3. The van der Waals surface area contributed by atoms with Gasteiger partial charge in [0.1, 0.15) is 5.69 Å². The molecule has 0 saturated heterocycles. The van der Waals surface area contributed by atoms with E-state index in [0.717, 1.165) is 17.1 Å². The Bertz CT molecular complexity index is 577. The van der Waals surface area contributed by atoms with Crippen LogP contribution in [0.2, 0.25) is 0 Å². The Hall–Kier alpha value is -2.11. The number of nitrogens with one attached hydrogen (secondary N) is 1. The van der Waals surface area contributed by atoms with Crippen molar-refractivity contribution in [2.75, 3.05) is 6.54 Å². The van der Waals surface area contributed by atoms with E-state index in [0.29, 0.717) is 18.8 Å². The fraction of sp³-hybridized carbons (Fsp3) is 0.462. The molecular weight excluding hydrogens is 242 g/mol. The molecular formula is C13H19N5O. The number of carbonyl (C=O) groups is 1. The molecule has 2 aromatic heterocycles. The maximum atomic E-state index is 11.9. The molecule has 2 heterocycles. The van der Waals surface area contributed by atoms with Crippen LogP contribution in [0.25, 0.3) is 0 Å². The predicted molar refractivity (Wildman–Crippen MR) is 72.0 cm³/mol. The molecule has 0 unspecified atom stereocenters. The van der Waals surface area contributed by atoms with E-state index in [9.17, 15) is 4.79 Å². The molecule has 6 nitrogen and oxygen atoms in total. The summed E-state index contributed by atoms with van der Waals surface area (Å²) in [5.74, 6) is -0.148. The highest BCUT2D eigenvalue weighted by Gasteiger charge is 2.10. The van der Waals surface area contributed by atoms with E-state index in [4.69, 9.17) is 0 Å². The number of nitrogens with zero attached hydrogens (tertiary/aromatic N) is 4. The third-order valence-electron chi connectivity index (χ3n) is 3.06. The molecule has 0 atom stereocenters. The van der Waals surface area contributed by atoms with Gasteiger partial charge in [0.2, 0.25) is 0 Å². The molecule has 102 valence electrons. The van der Waals surface area contributed by atoms with Crippen LogP contribution in [0.3, 0.4) is 0 Å². The molecule has 1 N–H and O–H groups in total. The molecule has 2 aromatic rings. The van der Waals surface area contributed by atoms with Gasteiger partial charge in [-0.1, -0.05) is 0 Å². The first kappa shape index (κ1) is 13.3. The molecule has 6 heteroatoms. The lowest BCUT2D eigenvalue weighted by atomic mass is 10.3. The molecule has 0 bridgehead atoms. The van der Waals surface area contributed by atoms with Gasteiger partial charge in [0.05, 0.1) is 12.2 Å². The summed E-state index contributed by atoms with van der Waals surface area (Å²) in [4.78, 5) is 11.9. The van der Waals surface area contributed by atoms with Crippen LogP contribution in [0, 0.1) is 20.8 Å². The number of aromatic nitrogens is 4. The Kier molecular flexibility index (Phi) is 3.69. The van der Waals surface area contributed by atoms with Crippen LogP contribution in [0.4, 0.5) is 0 Å². The highest BCUT2D eigenvalue weighted by atomic mass is 16.1. The molecule has 0 aliphatic heterocycles. The first-order valence-corrected chi connectivity index (χ1v) is 6.27. The Labute approximate surface area is 112 Å². The van der Waals surface area contributed by atoms with E-state index in [1.165, 1.54) is 0 Å². The van der Waals surface area contributed by atoms with E-state index >= 15 is 0 Å². The molecule has 0 fully saturated rings. The second-order valence-corrected chi connectivity index (χ2v) is 4.70. The SMILES string of the molecule is Cc1cc(C)n(CCNC(=O)c2cc(C)n(C)n2)n1. The molecule has 0 aliphatic rings. The van der Waals surface area contributed by atoms with Gasteiger partial charge in [-0.05, 0) is 32.9 Å². The van der Waals surface area contributed by atoms with Gasteiger partial charge in [-0.15, -0.1) is 0 Å². The summed E-state index contributed by atoms with van der Waals surface area (Å²) in [5.41, 5.74) is 3.50. The number of amides is 1. The van der Waals surface area contributed by atoms with Crippen LogP contribution < -0.4 is 5.32 Å². The molecule has 0 spiro atoms. The minimum Gasteiger partial charge on any atom is -0.349 e. The number of hydrogen-bond acceptors (Lipinski definition) is 3. The van der Waals surface area contributed by atoms with Crippen molar-refractivity contribution in [1.29, 1.82) is 0 Å². The van der Waals surface area contributed by atoms with E-state index < -0.39 is 0 Å². The van der Waals surface area contributed by atoms with Crippen molar-refractivity contribution in [3.05, 3.63) is 34.9 Å². The van der Waals surface area contributed by atoms with Crippen LogP contribution in [-0.2, 0) is 13.6 Å². The zero-order valence-corrected chi connectivity index (χ0v) is 11.8. The Morgan fingerprint density at radius 3 is 2.47 bits per heavy atom. The molecule has 0 saturated carbocycles. The van der Waals surface area contributed by atoms with E-state index in [1.807, 2.05) is 38.6 Å². The highest BCUT2D eigenvalue weighted by Crippen LogP contribution is 2.02. The lowest BCUT2D eigenvalue weighted by Gasteiger charge is -2.05. The van der Waals surface area contributed by atoms with Crippen LogP contribution >= 0.6 is 0 Å². The topological polar surface area (TPSA) is 64.7 Å². The number of aryl methyl sites for hydroxylation is 4. The zero-order valence-electron chi connectivity index (χ0n) is 11.8. The number of rotatable bonds is 4. The standard InChI is InChI=1S/C13H19N5O/c1-9-7-11(3)18(15-9)6-5-14-13(19)12-8-10(2)17(4)16-12/h7-8H,5-6H2,1-4H3,(H,14,19). The fourth-order valence-electron chi connectivity index (χ4n) is 1.94. The summed E-state index contributed by atoms with van der Waals surface area (Å²) < 4.78 is 3.58. The van der Waals surface area contributed by atoms with E-state index in [1.54, 1.807) is 10.7 Å². The zero-order chi connectivity index (χ0) is 14.0. The second kappa shape index (κ2) is 5.26. The normalized spacial score (nSPS) is 10.7. The minimum absolute atomic E-state index is 0.148. The number of carbonyl (C=O) groups excluding carboxylic acids is 1. The second-order valence-electron chi connectivity index (χ2n) is 4.70. The van der Waals surface area contributed by atoms with Gasteiger partial charge in [-0.25, -0.2) is 0 Å². The molecule has 1 amide bonds. The van der Waals surface area contributed by atoms with Crippen molar-refractivity contribution in [2.24, 2.45) is 7.05 Å². The Morgan fingerprint density at radius 1 is 1.21 bits per heavy atom. The van der Waals surface area contributed by atoms with Crippen LogP contribution in [-0.4, -0.2) is 32.0 Å². The summed E-state index contributed by atoms with van der Waals surface area (Å²) in [6.07, 6.45) is 0. The number of hydrogen-bond donors (Lipinski definition) is 1. The predicted octanol–water partition coefficient (Wildman–Crippen LogP) is 0.972. The van der Waals surface area contributed by atoms with Gasteiger partial charge >= 0.3 is 0 Å². The van der Waals surface area contributed by atoms with Crippen LogP contribution in [0.5, 0.6) is 0 Å². The van der Waals surface area contributed by atoms with Crippen molar-refractivity contribution in [2.45, 2.75) is 27.3 Å². The molecule has 2 rings (SSSR count). The minimum atomic E-state index is -0.148. The van der Waals surface area contributed by atoms with Crippen molar-refractivity contribution >= 4 is 5.91 Å². The van der Waals surface area contributed by atoms with Gasteiger partial charge in [-0.3, -0.25) is 14.2 Å². The lowest BCUT2D eigenvalue weighted by molar-refractivity contribution is 0.0946. The van der Waals surface area contributed by atoms with E-state index in [-0.39, 0.29) is 5.91 Å². The van der Waals surface area contributed by atoms with Gasteiger partial charge in [0, 0.05) is 25.0 Å². The first-order chi connectivity index (χ1) is 8.97. The van der Waals surface area contributed by atoms with Gasteiger partial charge in [0.25, 0.3) is 5.91 Å². The smallest absolute Gasteiger partial charge is 0.271 e. The summed E-state index contributed by atoms with van der Waals surface area (Å²) in [6, 6.07) is 3.79. The third-order valence-corrected chi connectivity index (χ3v) is 3.06. The van der Waals surface area contributed by atoms with Crippen molar-refractivity contribution in [3.8, 4) is 0 Å². The maximum absolute atomic E-state index is 11.9. The van der Waals surface area contributed by atoms with Crippen molar-refractivity contribution in [3.63, 3.8) is 0 Å². The Morgan fingerprint density at radius 2 is 1.95 bits per heavy atom. The highest BCUT2D eigenvalue weighted by molar-refractivity contribution is 5.92. The van der Waals surface area contributed by atoms with Gasteiger partial charge < -0.3 is 5.32 Å². The molecule has 0 aliphatic carbocycles. The molecule has 19 heavy (non-hydrogen) atoms. The van der Waals surface area contributed by atoms with Gasteiger partial charge in [0.15, 0.2) is 0 Å². The first-order valence-electron chi connectivity index (χ1n) is 6.27. The van der Waals surface area contributed by atoms with Gasteiger partial charge in [-0.2, -0.15) is 10.2 Å². The average Bonchev–Trinajstić information content (AvgIpc) is 2.83. The van der Waals surface area contributed by atoms with Crippen molar-refractivity contribution in [1.82, 2.24) is 24.9 Å². The summed E-state index contributed by atoms with van der Waals surface area (Å²) in [7, 11) is 1.82. The summed E-state index contributed by atoms with van der Waals surface area (Å²) >= 11 is 0. The molecule has 0 radical (unpaired) electrons. The quantitative estimate of drug-likeness (QED) is 0.892. The third kappa shape index (κ3) is 3.01. The van der Waals surface area contributed by atoms with E-state index in [2.05, 4.69) is 15.5 Å². The summed E-state index contributed by atoms with van der Waals surface area (Å²) in [6.45, 7) is 7.08. The monoisotopic (exact) mass is 261 g/mol. The largest absolute Gasteiger partial charge is 0.349 e. The molecule has 0 aromatic carbocycles. The van der Waals surface area contributed by atoms with Crippen LogP contribution in [0.1, 0.15) is 27.6 Å². The van der Waals surface area contributed by atoms with Crippen molar-refractivity contribution < 1.29 is 4.79 Å². The van der Waals surface area contributed by atoms with Crippen LogP contribution in [0.15, 0.2) is 12.1 Å². The lowest BCUT2D eigenvalue weighted by Crippen LogP contribution is -2.28. The maximum Gasteiger partial charge on any atom is 0.271 e. The average molecular weight is 261 g/mol. The Balaban J connectivity index is 1.89. The fourth-order valence-corrected chi connectivity index (χ4v) is 1.94.